The van der Waals surface area contributed by atoms with E-state index in [9.17, 15) is 70.2 Å². The first-order chi connectivity index (χ1) is 31.1. The molecule has 7 rings (SSSR count). The predicted octanol–water partition coefficient (Wildman–Crippen LogP) is 1.87. The highest BCUT2D eigenvalue weighted by Gasteiger charge is 2.70. The summed E-state index contributed by atoms with van der Waals surface area (Å²) in [5.74, 6) is -5.81. The molecule has 7 aliphatic rings. The molecule has 0 aromatic rings. The molecule has 0 spiro atoms. The van der Waals surface area contributed by atoms with E-state index in [0.29, 0.717) is 25.7 Å². The Labute approximate surface area is 389 Å². The third-order valence-corrected chi connectivity index (χ3v) is 18.4. The van der Waals surface area contributed by atoms with Crippen LogP contribution >= 0.6 is 0 Å². The normalized spacial score (nSPS) is 46.6. The Morgan fingerprint density at radius 2 is 1.43 bits per heavy atom. The largest absolute Gasteiger partial charge is 0.481 e. The molecule has 0 bridgehead atoms. The number of allylic oxidation sites excluding steroid dienone is 2. The number of carboxylic acid groups (broad SMARTS) is 4. The van der Waals surface area contributed by atoms with Crippen LogP contribution in [0.1, 0.15) is 113 Å². The van der Waals surface area contributed by atoms with Gasteiger partial charge in [-0.25, -0.2) is 14.4 Å². The molecule has 2 saturated heterocycles. The molecule has 0 aromatic carbocycles. The number of ether oxygens (including phenoxy) is 6. The minimum Gasteiger partial charge on any atom is -0.481 e. The van der Waals surface area contributed by atoms with Crippen molar-refractivity contribution in [3.8, 4) is 0 Å². The first-order valence-electron chi connectivity index (χ1n) is 23.6. The number of carboxylic acids is 4. The van der Waals surface area contributed by atoms with Gasteiger partial charge in [-0.05, 0) is 109 Å². The lowest BCUT2D eigenvalue weighted by Crippen LogP contribution is -2.68. The fraction of sp³-hybridized carbons (Fsp3) is 0.872. The lowest BCUT2D eigenvalue weighted by Gasteiger charge is -2.71. The summed E-state index contributed by atoms with van der Waals surface area (Å²) >= 11 is 0. The molecule has 6 fully saturated rings. The maximum Gasteiger partial charge on any atom is 0.337 e. The Kier molecular flexibility index (Phi) is 14.3. The van der Waals surface area contributed by atoms with Crippen molar-refractivity contribution in [2.45, 2.75) is 193 Å². The van der Waals surface area contributed by atoms with Crippen LogP contribution in [0.3, 0.4) is 0 Å². The van der Waals surface area contributed by atoms with E-state index in [4.69, 9.17) is 28.4 Å². The number of aliphatic hydroxyl groups is 6. The van der Waals surface area contributed by atoms with E-state index in [1.165, 1.54) is 5.57 Å². The van der Waals surface area contributed by atoms with Crippen LogP contribution in [-0.2, 0) is 47.6 Å². The van der Waals surface area contributed by atoms with Gasteiger partial charge >= 0.3 is 23.9 Å². The van der Waals surface area contributed by atoms with Gasteiger partial charge in [-0.3, -0.25) is 4.79 Å². The average molecular weight is 957 g/mol. The zero-order valence-corrected chi connectivity index (χ0v) is 39.4. The van der Waals surface area contributed by atoms with E-state index in [-0.39, 0.29) is 39.4 Å². The van der Waals surface area contributed by atoms with Gasteiger partial charge in [-0.2, -0.15) is 0 Å². The number of rotatable bonds is 14. The Bertz CT molecular complexity index is 1920. The molecule has 67 heavy (non-hydrogen) atoms. The Balaban J connectivity index is 1.22. The molecule has 0 unspecified atom stereocenters. The van der Waals surface area contributed by atoms with Gasteiger partial charge in [0.25, 0.3) is 0 Å². The van der Waals surface area contributed by atoms with Crippen molar-refractivity contribution < 1.29 is 98.7 Å². The third-order valence-electron chi connectivity index (χ3n) is 18.4. The smallest absolute Gasteiger partial charge is 0.337 e. The van der Waals surface area contributed by atoms with Crippen molar-refractivity contribution in [2.24, 2.45) is 50.2 Å². The molecule has 0 radical (unpaired) electrons. The van der Waals surface area contributed by atoms with E-state index in [2.05, 4.69) is 40.7 Å². The molecule has 20 heteroatoms. The number of fused-ring (bicyclic) bond motifs is 7. The standard InChI is InChI=1S/C47H72O20/c1-42(2)14-16-47(41(60)61)17-15-45(6)21(22(47)18-42)8-9-25-44(5)12-11-26(43(3,4)24(44)10-13-46(25,45)7)64-40-35(67-39-30(53)29(52)28(51)23(19-48)63-39)33(31(54)34(66-40)37(58)59)65-38(32(55)36(56)57)62-20-27(49)50/h8,22-26,28-35,38-40,48,51-55H,9-20H2,1-7H3,(H,49,50)(H,56,57)(H,58,59)(H,60,61)/t22-,23-,24-,25+,26+,28-,29-,30+,31-,32-,33-,34-,35+,38+,39+,40+,44+,45-,46-,47-/m0/s1. The Morgan fingerprint density at radius 3 is 2.04 bits per heavy atom. The summed E-state index contributed by atoms with van der Waals surface area (Å²) in [4.78, 5) is 49.3. The van der Waals surface area contributed by atoms with Crippen LogP contribution in [0.15, 0.2) is 11.6 Å². The summed E-state index contributed by atoms with van der Waals surface area (Å²) in [6.45, 7) is 13.6. The molecular formula is C47H72O20. The minimum absolute atomic E-state index is 0.00603. The molecule has 10 N–H and O–H groups in total. The Morgan fingerprint density at radius 1 is 0.761 bits per heavy atom. The second-order valence-electron chi connectivity index (χ2n) is 22.7. The third kappa shape index (κ3) is 8.65. The average Bonchev–Trinajstić information content (AvgIpc) is 3.24. The van der Waals surface area contributed by atoms with Crippen LogP contribution in [0.25, 0.3) is 0 Å². The van der Waals surface area contributed by atoms with E-state index < -0.39 is 128 Å². The number of hydrogen-bond acceptors (Lipinski definition) is 16. The van der Waals surface area contributed by atoms with Gasteiger partial charge in [0.05, 0.1) is 18.1 Å². The second kappa shape index (κ2) is 18.4. The van der Waals surface area contributed by atoms with Crippen molar-refractivity contribution in [1.82, 2.24) is 0 Å². The van der Waals surface area contributed by atoms with Gasteiger partial charge in [-0.15, -0.1) is 0 Å². The van der Waals surface area contributed by atoms with Crippen molar-refractivity contribution in [2.75, 3.05) is 13.2 Å². The van der Waals surface area contributed by atoms with Gasteiger partial charge in [0.15, 0.2) is 25.0 Å². The maximum atomic E-state index is 13.2. The van der Waals surface area contributed by atoms with Crippen molar-refractivity contribution in [3.63, 3.8) is 0 Å². The number of aliphatic hydroxyl groups excluding tert-OH is 6. The Hall–Kier alpha value is -2.86. The molecule has 2 heterocycles. The summed E-state index contributed by atoms with van der Waals surface area (Å²) in [5, 5.41) is 104. The van der Waals surface area contributed by atoms with E-state index >= 15 is 0 Å². The molecule has 20 nitrogen and oxygen atoms in total. The molecule has 4 saturated carbocycles. The highest BCUT2D eigenvalue weighted by molar-refractivity contribution is 5.77. The van der Waals surface area contributed by atoms with E-state index in [1.807, 2.05) is 13.8 Å². The first kappa shape index (κ1) is 52.0. The maximum absolute atomic E-state index is 13.2. The second-order valence-corrected chi connectivity index (χ2v) is 22.7. The molecule has 2 aliphatic heterocycles. The zero-order chi connectivity index (χ0) is 49.6. The summed E-state index contributed by atoms with van der Waals surface area (Å²) in [7, 11) is 0. The SMILES string of the molecule is CC1(C)CC[C@]2(C(=O)O)CC[C@@]3(C)C(=CC[C@@H]4[C@]5(C)CC[C@@H](O[C@@H]6O[C@H](C(=O)O)[C@@H](O)[C@H](O[C@@H](OCC(=O)O)[C@@H](O)C(=O)O)[C@H]6O[C@H]6O[C@@H](CO)[C@H](O)[C@H](O)[C@H]6O)C(C)(C)[C@@H]5CC[C@@]43C)[C@@H]2C1. The molecule has 380 valence electrons. The van der Waals surface area contributed by atoms with Gasteiger partial charge in [0, 0.05) is 0 Å². The molecule has 0 aromatic heterocycles. The van der Waals surface area contributed by atoms with E-state index in [0.717, 1.165) is 38.5 Å². The number of aliphatic carboxylic acids is 4. The lowest BCUT2D eigenvalue weighted by atomic mass is 9.33. The highest BCUT2D eigenvalue weighted by Crippen LogP contribution is 2.76. The minimum atomic E-state index is -2.59. The first-order valence-corrected chi connectivity index (χ1v) is 23.6. The summed E-state index contributed by atoms with van der Waals surface area (Å²) in [6.07, 6.45) is -15.7. The zero-order valence-electron chi connectivity index (χ0n) is 39.4. The van der Waals surface area contributed by atoms with Gasteiger partial charge in [0.2, 0.25) is 6.10 Å². The van der Waals surface area contributed by atoms with Crippen molar-refractivity contribution >= 4 is 23.9 Å². The molecular weight excluding hydrogens is 884 g/mol. The van der Waals surface area contributed by atoms with Crippen LogP contribution in [0.5, 0.6) is 0 Å². The van der Waals surface area contributed by atoms with Crippen LogP contribution < -0.4 is 0 Å². The van der Waals surface area contributed by atoms with Gasteiger partial charge < -0.3 is 79.5 Å². The van der Waals surface area contributed by atoms with E-state index in [1.54, 1.807) is 0 Å². The van der Waals surface area contributed by atoms with Crippen molar-refractivity contribution in [3.05, 3.63) is 11.6 Å². The molecule has 20 atom stereocenters. The molecule has 5 aliphatic carbocycles. The van der Waals surface area contributed by atoms with Crippen LogP contribution in [0.4, 0.5) is 0 Å². The monoisotopic (exact) mass is 956 g/mol. The van der Waals surface area contributed by atoms with Crippen LogP contribution in [0, 0.1) is 50.2 Å². The fourth-order valence-electron chi connectivity index (χ4n) is 14.4. The molecule has 0 amide bonds. The topological polar surface area (TPSA) is 326 Å². The fourth-order valence-corrected chi connectivity index (χ4v) is 14.4. The van der Waals surface area contributed by atoms with Crippen LogP contribution in [0.2, 0.25) is 0 Å². The highest BCUT2D eigenvalue weighted by atomic mass is 16.8. The van der Waals surface area contributed by atoms with Crippen molar-refractivity contribution in [1.29, 1.82) is 0 Å². The number of carbonyl (C=O) groups is 4. The van der Waals surface area contributed by atoms with Gasteiger partial charge in [0.1, 0.15) is 49.3 Å². The lowest BCUT2D eigenvalue weighted by molar-refractivity contribution is -0.387. The predicted molar refractivity (Wildman–Crippen MR) is 228 cm³/mol. The van der Waals surface area contributed by atoms with Gasteiger partial charge in [-0.1, -0.05) is 60.1 Å². The summed E-state index contributed by atoms with van der Waals surface area (Å²) < 4.78 is 35.3. The number of hydrogen-bond donors (Lipinski definition) is 10. The summed E-state index contributed by atoms with van der Waals surface area (Å²) in [6, 6.07) is 0. The quantitative estimate of drug-likeness (QED) is 0.0675. The van der Waals surface area contributed by atoms with Crippen LogP contribution in [-0.4, -0.2) is 168 Å². The summed E-state index contributed by atoms with van der Waals surface area (Å²) in [5.41, 5.74) is -0.846.